The van der Waals surface area contributed by atoms with E-state index in [1.807, 2.05) is 111 Å². The highest BCUT2D eigenvalue weighted by Crippen LogP contribution is 2.44. The van der Waals surface area contributed by atoms with Gasteiger partial charge in [0.1, 0.15) is 14.5 Å². The van der Waals surface area contributed by atoms with E-state index < -0.39 is 21.0 Å². The van der Waals surface area contributed by atoms with Crippen LogP contribution in [0.5, 0.6) is 11.5 Å². The van der Waals surface area contributed by atoms with Gasteiger partial charge in [0.25, 0.3) is 0 Å². The Bertz CT molecular complexity index is 1340. The highest BCUT2D eigenvalue weighted by atomic mass is 35.7. The van der Waals surface area contributed by atoms with Gasteiger partial charge in [-0.05, 0) is 66.5 Å². The van der Waals surface area contributed by atoms with E-state index in [-0.39, 0.29) is 0 Å². The van der Waals surface area contributed by atoms with E-state index in [2.05, 4.69) is 0 Å². The molecule has 0 amide bonds. The van der Waals surface area contributed by atoms with E-state index in [1.54, 1.807) is 6.08 Å². The molecule has 1 aliphatic rings. The lowest BCUT2D eigenvalue weighted by Crippen LogP contribution is -2.60. The van der Waals surface area contributed by atoms with Crippen molar-refractivity contribution >= 4 is 32.2 Å². The van der Waals surface area contributed by atoms with E-state index in [0.29, 0.717) is 34.5 Å². The van der Waals surface area contributed by atoms with Gasteiger partial charge in [-0.15, -0.1) is 0 Å². The molecule has 1 unspecified atom stereocenters. The molecule has 0 N–H and O–H groups in total. The zero-order chi connectivity index (χ0) is 26.3. The zero-order valence-electron chi connectivity index (χ0n) is 20.5. The molecule has 6 nitrogen and oxygen atoms in total. The Labute approximate surface area is 221 Å². The molecule has 1 atom stereocenters. The summed E-state index contributed by atoms with van der Waals surface area (Å²) in [6.07, 6.45) is 7.32. The fourth-order valence-corrected chi connectivity index (χ4v) is 6.21. The molecule has 1 aliphatic heterocycles. The van der Waals surface area contributed by atoms with Crippen LogP contribution >= 0.6 is 10.8 Å². The lowest BCUT2D eigenvalue weighted by Gasteiger charge is -2.20. The predicted octanol–water partition coefficient (Wildman–Crippen LogP) is 3.91. The molecule has 0 spiro atoms. The van der Waals surface area contributed by atoms with Gasteiger partial charge in [0.15, 0.2) is 11.5 Å². The average Bonchev–Trinajstić information content (AvgIpc) is 2.89. The van der Waals surface area contributed by atoms with Crippen LogP contribution in [0.4, 0.5) is 0 Å². The molecule has 3 aromatic carbocycles. The molecular formula is C29H27ClO6S. The second-order valence-electron chi connectivity index (χ2n) is 7.86. The van der Waals surface area contributed by atoms with Crippen LogP contribution < -0.4 is 23.5 Å². The van der Waals surface area contributed by atoms with E-state index in [4.69, 9.17) is 13.2 Å². The van der Waals surface area contributed by atoms with Crippen LogP contribution in [0.3, 0.4) is 0 Å². The third-order valence-electron chi connectivity index (χ3n) is 5.31. The van der Waals surface area contributed by atoms with Crippen LogP contribution in [-0.2, 0) is 3.74 Å². The van der Waals surface area contributed by atoms with Crippen molar-refractivity contribution < 1.29 is 37.4 Å². The normalized spacial score (nSPS) is 15.9. The Morgan fingerprint density at radius 2 is 1.35 bits per heavy atom. The number of ether oxygens (including phenoxy) is 2. The second kappa shape index (κ2) is 12.4. The molecular weight excluding hydrogens is 512 g/mol. The number of hydrogen-bond acceptors (Lipinski definition) is 6. The van der Waals surface area contributed by atoms with Gasteiger partial charge in [0.2, 0.25) is 0 Å². The maximum Gasteiger partial charge on any atom is 0.161 e. The SMILES string of the molecule is CCOc1ccc(C=CC2=S(O[Cl+3]([O-])([O-])[O-])C(c3ccccc3)=CC(c3ccccc3)=C2)cc1OCC. The van der Waals surface area contributed by atoms with Gasteiger partial charge in [-0.3, -0.25) is 0 Å². The molecule has 0 saturated carbocycles. The number of rotatable bonds is 10. The lowest BCUT2D eigenvalue weighted by atomic mass is 10.0. The van der Waals surface area contributed by atoms with Gasteiger partial charge in [-0.25, -0.2) is 0 Å². The van der Waals surface area contributed by atoms with Crippen LogP contribution in [-0.4, -0.2) is 18.1 Å². The van der Waals surface area contributed by atoms with E-state index in [1.165, 1.54) is 0 Å². The fraction of sp³-hybridized carbons (Fsp3) is 0.138. The molecule has 0 fully saturated rings. The molecule has 0 bridgehead atoms. The standard InChI is InChI=1S/C29H27ClO6S/c1-3-34-27-18-16-22(19-28(27)35-4-2)15-17-26-20-25(23-11-7-5-8-12-23)21-29(24-13-9-6-10-14-24)37(26)36-30(31,32)33/h5-21H,3-4H2,1-2H3. The van der Waals surface area contributed by atoms with Crippen molar-refractivity contribution in [3.63, 3.8) is 0 Å². The minimum Gasteiger partial charge on any atom is -0.490 e. The van der Waals surface area contributed by atoms with Gasteiger partial charge < -0.3 is 9.47 Å². The van der Waals surface area contributed by atoms with Crippen LogP contribution in [0.1, 0.15) is 30.5 Å². The summed E-state index contributed by atoms with van der Waals surface area (Å²) in [4.78, 5) is 1.13. The molecule has 0 radical (unpaired) electrons. The van der Waals surface area contributed by atoms with Crippen LogP contribution in [0.25, 0.3) is 16.6 Å². The first kappa shape index (κ1) is 26.9. The smallest absolute Gasteiger partial charge is 0.161 e. The van der Waals surface area contributed by atoms with Crippen LogP contribution in [0, 0.1) is 10.2 Å². The predicted molar refractivity (Wildman–Crippen MR) is 140 cm³/mol. The van der Waals surface area contributed by atoms with Gasteiger partial charge in [-0.2, -0.15) is 14.0 Å². The average molecular weight is 539 g/mol. The number of halogens is 1. The second-order valence-corrected chi connectivity index (χ2v) is 10.6. The molecule has 8 heteroatoms. The summed E-state index contributed by atoms with van der Waals surface area (Å²) in [5.74, 6) is 1.26. The Morgan fingerprint density at radius 3 is 1.97 bits per heavy atom. The number of hydrogen-bond donors (Lipinski definition) is 0. The Morgan fingerprint density at radius 1 is 0.730 bits per heavy atom. The van der Waals surface area contributed by atoms with Crippen molar-refractivity contribution in [2.24, 2.45) is 0 Å². The minimum atomic E-state index is -4.68. The van der Waals surface area contributed by atoms with Crippen molar-refractivity contribution in [2.45, 2.75) is 13.8 Å². The highest BCUT2D eigenvalue weighted by molar-refractivity contribution is 8.20. The van der Waals surface area contributed by atoms with Crippen molar-refractivity contribution in [3.05, 3.63) is 114 Å². The molecule has 1 heterocycles. The summed E-state index contributed by atoms with van der Waals surface area (Å²) >= 11 is 0. The number of benzene rings is 3. The monoisotopic (exact) mass is 538 g/mol. The van der Waals surface area contributed by atoms with E-state index in [0.717, 1.165) is 22.3 Å². The summed E-state index contributed by atoms with van der Waals surface area (Å²) < 4.78 is 51.7. The van der Waals surface area contributed by atoms with Gasteiger partial charge in [0.05, 0.1) is 28.4 Å². The largest absolute Gasteiger partial charge is 0.490 e. The summed E-state index contributed by atoms with van der Waals surface area (Å²) in [6, 6.07) is 24.6. The van der Waals surface area contributed by atoms with E-state index >= 15 is 0 Å². The highest BCUT2D eigenvalue weighted by Gasteiger charge is 2.30. The van der Waals surface area contributed by atoms with Crippen LogP contribution in [0.2, 0.25) is 0 Å². The summed E-state index contributed by atoms with van der Waals surface area (Å²) in [5, 5.41) is 0. The van der Waals surface area contributed by atoms with Gasteiger partial charge >= 0.3 is 0 Å². The molecule has 192 valence electrons. The molecule has 0 aromatic heterocycles. The maximum atomic E-state index is 11.7. The topological polar surface area (TPSA) is 96.9 Å². The summed E-state index contributed by atoms with van der Waals surface area (Å²) in [6.45, 7) is 4.80. The fourth-order valence-electron chi connectivity index (χ4n) is 3.77. The summed E-state index contributed by atoms with van der Waals surface area (Å²) in [5.41, 5.74) is 3.40. The molecule has 0 aliphatic carbocycles. The Hall–Kier alpha value is -3.17. The molecule has 4 rings (SSSR count). The zero-order valence-corrected chi connectivity index (χ0v) is 22.0. The molecule has 3 aromatic rings. The van der Waals surface area contributed by atoms with Gasteiger partial charge in [-0.1, -0.05) is 72.8 Å². The first-order valence-corrected chi connectivity index (χ1v) is 14.1. The summed E-state index contributed by atoms with van der Waals surface area (Å²) in [7, 11) is -6.16. The van der Waals surface area contributed by atoms with Crippen LogP contribution in [0.15, 0.2) is 97.1 Å². The third kappa shape index (κ3) is 7.20. The Kier molecular flexibility index (Phi) is 9.00. The van der Waals surface area contributed by atoms with E-state index in [9.17, 15) is 14.0 Å². The van der Waals surface area contributed by atoms with Gasteiger partial charge in [0, 0.05) is 4.86 Å². The molecule has 0 saturated heterocycles. The van der Waals surface area contributed by atoms with Crippen molar-refractivity contribution in [1.29, 1.82) is 0 Å². The molecule has 37 heavy (non-hydrogen) atoms. The Balaban J connectivity index is 1.84. The quantitative estimate of drug-likeness (QED) is 0.287. The maximum absolute atomic E-state index is 11.7. The first-order valence-electron chi connectivity index (χ1n) is 11.7. The third-order valence-corrected chi connectivity index (χ3v) is 7.87. The lowest BCUT2D eigenvalue weighted by molar-refractivity contribution is -1.91. The number of allylic oxidation sites excluding steroid dienone is 4. The van der Waals surface area contributed by atoms with Crippen molar-refractivity contribution in [1.82, 2.24) is 0 Å². The van der Waals surface area contributed by atoms with Crippen molar-refractivity contribution in [3.8, 4) is 11.5 Å². The first-order chi connectivity index (χ1) is 17.9. The minimum absolute atomic E-state index is 0.483. The van der Waals surface area contributed by atoms with Crippen molar-refractivity contribution in [2.75, 3.05) is 13.2 Å².